The van der Waals surface area contributed by atoms with Gasteiger partial charge in [-0.1, -0.05) is 0 Å². The molecule has 4 nitrogen and oxygen atoms in total. The van der Waals surface area contributed by atoms with Crippen molar-refractivity contribution in [1.29, 1.82) is 0 Å². The molecule has 0 aliphatic rings. The number of aromatic nitrogens is 1. The Morgan fingerprint density at radius 3 is 2.50 bits per heavy atom. The predicted molar refractivity (Wildman–Crippen MR) is 53.0 cm³/mol. The summed E-state index contributed by atoms with van der Waals surface area (Å²) in [4.78, 5) is 15.3. The monoisotopic (exact) mass is 213 g/mol. The SMILES string of the molecule is Cc1ccc(C(=O)CS(C)(=O)=O)cn1. The lowest BCUT2D eigenvalue weighted by Crippen LogP contribution is -2.14. The largest absolute Gasteiger partial charge is 0.293 e. The quantitative estimate of drug-likeness (QED) is 0.690. The average molecular weight is 213 g/mol. The molecular formula is C9H11NO3S. The summed E-state index contributed by atoms with van der Waals surface area (Å²) in [5.74, 6) is -0.877. The maximum Gasteiger partial charge on any atom is 0.179 e. The number of aryl methyl sites for hydroxylation is 1. The number of carbonyl (C=O) groups excluding carboxylic acids is 1. The molecule has 5 heteroatoms. The molecule has 1 rings (SSSR count). The van der Waals surface area contributed by atoms with Gasteiger partial charge in [0.1, 0.15) is 5.75 Å². The zero-order valence-corrected chi connectivity index (χ0v) is 8.84. The highest BCUT2D eigenvalue weighted by molar-refractivity contribution is 7.91. The van der Waals surface area contributed by atoms with Crippen molar-refractivity contribution in [2.45, 2.75) is 6.92 Å². The Hall–Kier alpha value is -1.23. The summed E-state index contributed by atoms with van der Waals surface area (Å²) in [5, 5.41) is 0. The molecule has 14 heavy (non-hydrogen) atoms. The lowest BCUT2D eigenvalue weighted by atomic mass is 10.2. The molecule has 0 bridgehead atoms. The molecule has 0 saturated carbocycles. The second-order valence-corrected chi connectivity index (χ2v) is 5.32. The zero-order chi connectivity index (χ0) is 10.8. The maximum atomic E-state index is 11.4. The van der Waals surface area contributed by atoms with Crippen molar-refractivity contribution in [3.8, 4) is 0 Å². The van der Waals surface area contributed by atoms with Crippen LogP contribution in [0.3, 0.4) is 0 Å². The topological polar surface area (TPSA) is 64.1 Å². The summed E-state index contributed by atoms with van der Waals surface area (Å²) >= 11 is 0. The predicted octanol–water partition coefficient (Wildman–Crippen LogP) is 0.617. The molecule has 0 spiro atoms. The summed E-state index contributed by atoms with van der Waals surface area (Å²) < 4.78 is 21.7. The van der Waals surface area contributed by atoms with Crippen molar-refractivity contribution in [3.05, 3.63) is 29.6 Å². The van der Waals surface area contributed by atoms with E-state index in [0.29, 0.717) is 5.56 Å². The molecule has 0 aliphatic carbocycles. The van der Waals surface area contributed by atoms with E-state index >= 15 is 0 Å². The van der Waals surface area contributed by atoms with Gasteiger partial charge in [-0.25, -0.2) is 8.42 Å². The van der Waals surface area contributed by atoms with Gasteiger partial charge in [0, 0.05) is 23.7 Å². The van der Waals surface area contributed by atoms with Gasteiger partial charge in [-0.05, 0) is 19.1 Å². The zero-order valence-electron chi connectivity index (χ0n) is 8.02. The standard InChI is InChI=1S/C9H11NO3S/c1-7-3-4-8(5-10-7)9(11)6-14(2,12)13/h3-5H,6H2,1-2H3. The summed E-state index contributed by atoms with van der Waals surface area (Å²) in [5.41, 5.74) is 1.13. The number of pyridine rings is 1. The summed E-state index contributed by atoms with van der Waals surface area (Å²) in [6, 6.07) is 3.26. The van der Waals surface area contributed by atoms with Crippen LogP contribution >= 0.6 is 0 Å². The van der Waals surface area contributed by atoms with Crippen molar-refractivity contribution < 1.29 is 13.2 Å². The molecule has 0 aromatic carbocycles. The van der Waals surface area contributed by atoms with Crippen LogP contribution in [0.25, 0.3) is 0 Å². The highest BCUT2D eigenvalue weighted by atomic mass is 32.2. The van der Waals surface area contributed by atoms with Crippen LogP contribution in [0.15, 0.2) is 18.3 Å². The van der Waals surface area contributed by atoms with Gasteiger partial charge in [0.25, 0.3) is 0 Å². The van der Waals surface area contributed by atoms with Gasteiger partial charge in [0.05, 0.1) is 0 Å². The fourth-order valence-corrected chi connectivity index (χ4v) is 1.60. The molecule has 0 amide bonds. The van der Waals surface area contributed by atoms with E-state index in [9.17, 15) is 13.2 Å². The van der Waals surface area contributed by atoms with Crippen LogP contribution in [0, 0.1) is 6.92 Å². The van der Waals surface area contributed by atoms with E-state index in [0.717, 1.165) is 11.9 Å². The van der Waals surface area contributed by atoms with Gasteiger partial charge in [0.15, 0.2) is 15.6 Å². The number of Topliss-reactive ketones (excluding diaryl/α,β-unsaturated/α-hetero) is 1. The molecule has 0 fully saturated rings. The lowest BCUT2D eigenvalue weighted by molar-refractivity contribution is 0.102. The van der Waals surface area contributed by atoms with Crippen LogP contribution in [-0.4, -0.2) is 31.2 Å². The van der Waals surface area contributed by atoms with Crippen LogP contribution in [0.4, 0.5) is 0 Å². The molecule has 0 unspecified atom stereocenters. The minimum atomic E-state index is -3.26. The van der Waals surface area contributed by atoms with Gasteiger partial charge in [-0.3, -0.25) is 9.78 Å². The third-order valence-electron chi connectivity index (χ3n) is 1.63. The van der Waals surface area contributed by atoms with Crippen LogP contribution in [0.5, 0.6) is 0 Å². The van der Waals surface area contributed by atoms with Gasteiger partial charge in [-0.2, -0.15) is 0 Å². The Kier molecular flexibility index (Phi) is 3.00. The molecule has 0 saturated heterocycles. The molecule has 1 heterocycles. The summed E-state index contributed by atoms with van der Waals surface area (Å²) in [6.45, 7) is 1.80. The van der Waals surface area contributed by atoms with E-state index in [-0.39, 0.29) is 0 Å². The molecule has 0 radical (unpaired) electrons. The van der Waals surface area contributed by atoms with E-state index in [2.05, 4.69) is 4.98 Å². The normalized spacial score (nSPS) is 11.3. The first kappa shape index (κ1) is 10.8. The molecule has 0 N–H and O–H groups in total. The first-order chi connectivity index (χ1) is 6.38. The van der Waals surface area contributed by atoms with Gasteiger partial charge < -0.3 is 0 Å². The number of hydrogen-bond donors (Lipinski definition) is 0. The van der Waals surface area contributed by atoms with E-state index in [1.165, 1.54) is 6.20 Å². The number of hydrogen-bond acceptors (Lipinski definition) is 4. The Morgan fingerprint density at radius 2 is 2.07 bits per heavy atom. The minimum absolute atomic E-state index is 0.334. The smallest absolute Gasteiger partial charge is 0.179 e. The average Bonchev–Trinajstić information content (AvgIpc) is 2.02. The highest BCUT2D eigenvalue weighted by Crippen LogP contribution is 2.02. The van der Waals surface area contributed by atoms with E-state index in [4.69, 9.17) is 0 Å². The minimum Gasteiger partial charge on any atom is -0.293 e. The molecule has 1 aromatic rings. The van der Waals surface area contributed by atoms with Gasteiger partial charge >= 0.3 is 0 Å². The highest BCUT2D eigenvalue weighted by Gasteiger charge is 2.12. The van der Waals surface area contributed by atoms with Crippen molar-refractivity contribution in [1.82, 2.24) is 4.98 Å². The molecule has 0 atom stereocenters. The number of ketones is 1. The second-order valence-electron chi connectivity index (χ2n) is 3.18. The molecule has 76 valence electrons. The molecule has 0 aliphatic heterocycles. The van der Waals surface area contributed by atoms with Crippen molar-refractivity contribution >= 4 is 15.6 Å². The Morgan fingerprint density at radius 1 is 1.43 bits per heavy atom. The number of carbonyl (C=O) groups is 1. The van der Waals surface area contributed by atoms with E-state index < -0.39 is 21.4 Å². The van der Waals surface area contributed by atoms with Crippen LogP contribution < -0.4 is 0 Å². The van der Waals surface area contributed by atoms with Crippen LogP contribution in [0.2, 0.25) is 0 Å². The van der Waals surface area contributed by atoms with Crippen LogP contribution in [-0.2, 0) is 9.84 Å². The summed E-state index contributed by atoms with van der Waals surface area (Å²) in [7, 11) is -3.26. The Labute approximate surface area is 82.9 Å². The maximum absolute atomic E-state index is 11.4. The first-order valence-electron chi connectivity index (χ1n) is 4.02. The van der Waals surface area contributed by atoms with E-state index in [1.54, 1.807) is 19.1 Å². The Balaban J connectivity index is 2.86. The van der Waals surface area contributed by atoms with Crippen LogP contribution in [0.1, 0.15) is 16.1 Å². The number of nitrogens with zero attached hydrogens (tertiary/aromatic N) is 1. The number of sulfone groups is 1. The fraction of sp³-hybridized carbons (Fsp3) is 0.333. The first-order valence-corrected chi connectivity index (χ1v) is 6.08. The molecular weight excluding hydrogens is 202 g/mol. The van der Waals surface area contributed by atoms with Crippen molar-refractivity contribution in [3.63, 3.8) is 0 Å². The van der Waals surface area contributed by atoms with Crippen molar-refractivity contribution in [2.24, 2.45) is 0 Å². The van der Waals surface area contributed by atoms with Crippen molar-refractivity contribution in [2.75, 3.05) is 12.0 Å². The number of rotatable bonds is 3. The third-order valence-corrected chi connectivity index (χ3v) is 2.41. The molecule has 1 aromatic heterocycles. The van der Waals surface area contributed by atoms with Gasteiger partial charge in [0.2, 0.25) is 0 Å². The van der Waals surface area contributed by atoms with Gasteiger partial charge in [-0.15, -0.1) is 0 Å². The lowest BCUT2D eigenvalue weighted by Gasteiger charge is -1.99. The summed E-state index contributed by atoms with van der Waals surface area (Å²) in [6.07, 6.45) is 2.43. The fourth-order valence-electron chi connectivity index (χ4n) is 0.954. The van der Waals surface area contributed by atoms with E-state index in [1.807, 2.05) is 0 Å². The third kappa shape index (κ3) is 3.26. The Bertz CT molecular complexity index is 434. The second kappa shape index (κ2) is 3.88.